The highest BCUT2D eigenvalue weighted by Crippen LogP contribution is 2.16. The van der Waals surface area contributed by atoms with Gasteiger partial charge in [-0.15, -0.1) is 0 Å². The predicted molar refractivity (Wildman–Crippen MR) is 65.3 cm³/mol. The molecule has 1 aromatic carbocycles. The van der Waals surface area contributed by atoms with Crippen molar-refractivity contribution in [2.75, 3.05) is 0 Å². The molecule has 0 fully saturated rings. The highest BCUT2D eigenvalue weighted by atomic mass is 35.5. The lowest BCUT2D eigenvalue weighted by Crippen LogP contribution is -2.15. The van der Waals surface area contributed by atoms with Crippen LogP contribution in [0.15, 0.2) is 29.1 Å². The van der Waals surface area contributed by atoms with E-state index in [2.05, 4.69) is 10.1 Å². The number of aromatic amines is 1. The zero-order valence-corrected chi connectivity index (χ0v) is 9.60. The zero-order valence-electron chi connectivity index (χ0n) is 8.85. The molecule has 90 valence electrons. The third-order valence-electron chi connectivity index (χ3n) is 2.59. The molecule has 0 spiro atoms. The monoisotopic (exact) mass is 263 g/mol. The van der Waals surface area contributed by atoms with Crippen molar-refractivity contribution >= 4 is 34.1 Å². The molecule has 2 aromatic heterocycles. The summed E-state index contributed by atoms with van der Waals surface area (Å²) in [4.78, 5) is 27.1. The van der Waals surface area contributed by atoms with E-state index in [1.807, 2.05) is 0 Å². The standard InChI is InChI=1S/C11H6ClN3O3/c12-5-1-2-6-7(3-5)13-9-4-8(11(17)18)14-15(9)10(6)16/h1-4,14H,(H,17,18). The zero-order chi connectivity index (χ0) is 12.9. The summed E-state index contributed by atoms with van der Waals surface area (Å²) in [5, 5.41) is 12.2. The van der Waals surface area contributed by atoms with Gasteiger partial charge in [0.05, 0.1) is 10.9 Å². The van der Waals surface area contributed by atoms with Crippen LogP contribution in [0.3, 0.4) is 0 Å². The first-order chi connectivity index (χ1) is 8.56. The number of hydrogen-bond acceptors (Lipinski definition) is 3. The minimum Gasteiger partial charge on any atom is -0.477 e. The number of carboxylic acid groups (broad SMARTS) is 1. The van der Waals surface area contributed by atoms with Gasteiger partial charge in [0.2, 0.25) is 0 Å². The number of benzene rings is 1. The van der Waals surface area contributed by atoms with Gasteiger partial charge in [-0.2, -0.15) is 0 Å². The number of aromatic nitrogens is 3. The fraction of sp³-hybridized carbons (Fsp3) is 0. The third-order valence-corrected chi connectivity index (χ3v) is 2.83. The van der Waals surface area contributed by atoms with Crippen molar-refractivity contribution in [1.29, 1.82) is 0 Å². The molecule has 0 amide bonds. The number of carboxylic acids is 1. The molecule has 6 nitrogen and oxygen atoms in total. The molecule has 0 bridgehead atoms. The number of hydrogen-bond donors (Lipinski definition) is 2. The van der Waals surface area contributed by atoms with Crippen LogP contribution < -0.4 is 5.56 Å². The van der Waals surface area contributed by atoms with Gasteiger partial charge in [-0.25, -0.2) is 14.3 Å². The summed E-state index contributed by atoms with van der Waals surface area (Å²) in [6.07, 6.45) is 0. The largest absolute Gasteiger partial charge is 0.477 e. The van der Waals surface area contributed by atoms with E-state index in [0.29, 0.717) is 15.9 Å². The van der Waals surface area contributed by atoms with Crippen LogP contribution in [0, 0.1) is 0 Å². The second-order valence-electron chi connectivity index (χ2n) is 3.75. The second-order valence-corrected chi connectivity index (χ2v) is 4.18. The summed E-state index contributed by atoms with van der Waals surface area (Å²) in [6.45, 7) is 0. The molecule has 7 heteroatoms. The molecule has 3 aromatic rings. The Kier molecular flexibility index (Phi) is 2.14. The van der Waals surface area contributed by atoms with Gasteiger partial charge in [-0.05, 0) is 18.2 Å². The molecule has 0 atom stereocenters. The maximum atomic E-state index is 12.1. The molecular weight excluding hydrogens is 258 g/mol. The number of nitrogens with one attached hydrogen (secondary N) is 1. The van der Waals surface area contributed by atoms with Crippen LogP contribution >= 0.6 is 11.6 Å². The minimum absolute atomic E-state index is 0.0963. The van der Waals surface area contributed by atoms with Crippen LogP contribution in [-0.2, 0) is 0 Å². The molecule has 0 radical (unpaired) electrons. The molecule has 0 aliphatic heterocycles. The lowest BCUT2D eigenvalue weighted by atomic mass is 10.2. The molecule has 2 N–H and O–H groups in total. The molecule has 0 aliphatic rings. The van der Waals surface area contributed by atoms with Crippen molar-refractivity contribution in [3.63, 3.8) is 0 Å². The summed E-state index contributed by atoms with van der Waals surface area (Å²) < 4.78 is 1.10. The highest BCUT2D eigenvalue weighted by molar-refractivity contribution is 6.31. The number of carbonyl (C=O) groups is 1. The summed E-state index contributed by atoms with van der Waals surface area (Å²) >= 11 is 5.83. The maximum absolute atomic E-state index is 12.1. The van der Waals surface area contributed by atoms with E-state index in [9.17, 15) is 9.59 Å². The highest BCUT2D eigenvalue weighted by Gasteiger charge is 2.12. The van der Waals surface area contributed by atoms with Gasteiger partial charge in [0, 0.05) is 11.1 Å². The minimum atomic E-state index is -1.15. The van der Waals surface area contributed by atoms with E-state index >= 15 is 0 Å². The van der Waals surface area contributed by atoms with Crippen molar-refractivity contribution < 1.29 is 9.90 Å². The molecule has 0 unspecified atom stereocenters. The predicted octanol–water partition coefficient (Wildman–Crippen LogP) is 1.53. The molecular formula is C11H6ClN3O3. The van der Waals surface area contributed by atoms with Crippen LogP contribution in [0.1, 0.15) is 10.5 Å². The van der Waals surface area contributed by atoms with Gasteiger partial charge in [-0.3, -0.25) is 9.89 Å². The summed E-state index contributed by atoms with van der Waals surface area (Å²) in [5.41, 5.74) is 0.218. The average molecular weight is 264 g/mol. The van der Waals surface area contributed by atoms with Crippen LogP contribution in [-0.4, -0.2) is 25.7 Å². The average Bonchev–Trinajstić information content (AvgIpc) is 2.73. The van der Waals surface area contributed by atoms with Crippen molar-refractivity contribution in [3.8, 4) is 0 Å². The second kappa shape index (κ2) is 3.58. The summed E-state index contributed by atoms with van der Waals surface area (Å²) in [5.74, 6) is -1.15. The Morgan fingerprint density at radius 2 is 2.17 bits per heavy atom. The van der Waals surface area contributed by atoms with E-state index in [-0.39, 0.29) is 16.9 Å². The van der Waals surface area contributed by atoms with Gasteiger partial charge in [0.1, 0.15) is 5.69 Å². The Labute approximate surface area is 104 Å². The van der Waals surface area contributed by atoms with Crippen LogP contribution in [0.4, 0.5) is 0 Å². The Bertz CT molecular complexity index is 850. The van der Waals surface area contributed by atoms with Crippen LogP contribution in [0.5, 0.6) is 0 Å². The number of aromatic carboxylic acids is 1. The quantitative estimate of drug-likeness (QED) is 0.697. The van der Waals surface area contributed by atoms with Crippen molar-refractivity contribution in [1.82, 2.24) is 14.6 Å². The van der Waals surface area contributed by atoms with Gasteiger partial charge < -0.3 is 5.11 Å². The maximum Gasteiger partial charge on any atom is 0.353 e. The SMILES string of the molecule is O=C(O)c1cc2nc3cc(Cl)ccc3c(=O)n2[nH]1. The van der Waals surface area contributed by atoms with E-state index in [1.54, 1.807) is 18.2 Å². The first-order valence-electron chi connectivity index (χ1n) is 5.00. The molecule has 0 aliphatic carbocycles. The van der Waals surface area contributed by atoms with E-state index in [1.165, 1.54) is 6.07 Å². The lowest BCUT2D eigenvalue weighted by molar-refractivity contribution is 0.0690. The fourth-order valence-electron chi connectivity index (χ4n) is 1.77. The molecule has 18 heavy (non-hydrogen) atoms. The Morgan fingerprint density at radius 3 is 2.89 bits per heavy atom. The van der Waals surface area contributed by atoms with Crippen molar-refractivity contribution in [2.24, 2.45) is 0 Å². The first-order valence-corrected chi connectivity index (χ1v) is 5.38. The first kappa shape index (κ1) is 10.8. The Balaban J connectivity index is 2.48. The van der Waals surface area contributed by atoms with Crippen molar-refractivity contribution in [2.45, 2.75) is 0 Å². The lowest BCUT2D eigenvalue weighted by Gasteiger charge is -1.98. The normalized spacial score (nSPS) is 11.2. The number of fused-ring (bicyclic) bond motifs is 2. The van der Waals surface area contributed by atoms with Gasteiger partial charge in [-0.1, -0.05) is 11.6 Å². The van der Waals surface area contributed by atoms with E-state index in [0.717, 1.165) is 4.52 Å². The Hall–Kier alpha value is -2.34. The summed E-state index contributed by atoms with van der Waals surface area (Å²) in [7, 11) is 0. The Morgan fingerprint density at radius 1 is 1.39 bits per heavy atom. The van der Waals surface area contributed by atoms with Gasteiger partial charge in [0.15, 0.2) is 5.65 Å². The smallest absolute Gasteiger partial charge is 0.353 e. The third kappa shape index (κ3) is 1.46. The number of nitrogens with zero attached hydrogens (tertiary/aromatic N) is 2. The topological polar surface area (TPSA) is 87.5 Å². The van der Waals surface area contributed by atoms with E-state index < -0.39 is 5.97 Å². The molecule has 0 saturated heterocycles. The van der Waals surface area contributed by atoms with Crippen molar-refractivity contribution in [3.05, 3.63) is 45.3 Å². The van der Waals surface area contributed by atoms with Crippen LogP contribution in [0.2, 0.25) is 5.02 Å². The number of rotatable bonds is 1. The molecule has 0 saturated carbocycles. The number of halogens is 1. The van der Waals surface area contributed by atoms with Gasteiger partial charge in [0.25, 0.3) is 5.56 Å². The van der Waals surface area contributed by atoms with Gasteiger partial charge >= 0.3 is 5.97 Å². The van der Waals surface area contributed by atoms with Crippen LogP contribution in [0.25, 0.3) is 16.6 Å². The molecule has 3 rings (SSSR count). The fourth-order valence-corrected chi connectivity index (χ4v) is 1.94. The van der Waals surface area contributed by atoms with E-state index in [4.69, 9.17) is 16.7 Å². The molecule has 2 heterocycles. The summed E-state index contributed by atoms with van der Waals surface area (Å²) in [6, 6.07) is 6.00. The number of H-pyrrole nitrogens is 1.